The Balaban J connectivity index is 1.55. The third kappa shape index (κ3) is 5.15. The molecule has 3 heterocycles. The number of nitrogens with zero attached hydrogens (tertiary/aromatic N) is 2. The van der Waals surface area contributed by atoms with Gasteiger partial charge in [-0.1, -0.05) is 6.07 Å². The number of likely N-dealkylation sites (tertiary alicyclic amines) is 1. The molecule has 7 heteroatoms. The number of rotatable bonds is 7. The zero-order valence-corrected chi connectivity index (χ0v) is 17.6. The summed E-state index contributed by atoms with van der Waals surface area (Å²) >= 11 is 3.81. The van der Waals surface area contributed by atoms with E-state index >= 15 is 0 Å². The van der Waals surface area contributed by atoms with E-state index in [0.717, 1.165) is 45.1 Å². The Hall–Kier alpha value is -0.760. The van der Waals surface area contributed by atoms with Crippen molar-refractivity contribution in [3.8, 4) is 0 Å². The van der Waals surface area contributed by atoms with Gasteiger partial charge in [-0.15, -0.1) is 11.3 Å². The summed E-state index contributed by atoms with van der Waals surface area (Å²) in [6.45, 7) is 5.96. The number of thioether (sulfide) groups is 1. The van der Waals surface area contributed by atoms with E-state index in [0.29, 0.717) is 6.04 Å². The van der Waals surface area contributed by atoms with Crippen LogP contribution in [0.5, 0.6) is 0 Å². The lowest BCUT2D eigenvalue weighted by atomic mass is 9.99. The molecule has 2 fully saturated rings. The molecule has 2 N–H and O–H groups in total. The second-order valence-electron chi connectivity index (χ2n) is 7.08. The van der Waals surface area contributed by atoms with Crippen LogP contribution in [0.3, 0.4) is 0 Å². The van der Waals surface area contributed by atoms with E-state index in [2.05, 4.69) is 44.3 Å². The van der Waals surface area contributed by atoms with Crippen molar-refractivity contribution in [2.24, 2.45) is 4.99 Å². The molecule has 1 atom stereocenters. The first-order chi connectivity index (χ1) is 12.8. The standard InChI is InChI=1S/C19H32N4OS2/c1-20-18(22-15-19(25-2)7-11-24-12-8-19)21-14-16(17-6-5-13-26-17)23-9-3-4-10-23/h5-6,13,16H,3-4,7-12,14-15H2,1-2H3,(H2,20,21,22). The smallest absolute Gasteiger partial charge is 0.191 e. The zero-order valence-electron chi connectivity index (χ0n) is 16.0. The lowest BCUT2D eigenvalue weighted by Gasteiger charge is -2.36. The molecule has 0 radical (unpaired) electrons. The van der Waals surface area contributed by atoms with Gasteiger partial charge in [0.05, 0.1) is 6.04 Å². The van der Waals surface area contributed by atoms with Crippen molar-refractivity contribution >= 4 is 29.1 Å². The van der Waals surface area contributed by atoms with Gasteiger partial charge in [-0.25, -0.2) is 0 Å². The number of nitrogens with one attached hydrogen (secondary N) is 2. The molecule has 2 saturated heterocycles. The van der Waals surface area contributed by atoms with Crippen LogP contribution in [0.4, 0.5) is 0 Å². The number of thiophene rings is 1. The minimum absolute atomic E-state index is 0.262. The number of aliphatic imine (C=N–C) groups is 1. The van der Waals surface area contributed by atoms with E-state index in [-0.39, 0.29) is 4.75 Å². The van der Waals surface area contributed by atoms with Gasteiger partial charge >= 0.3 is 0 Å². The molecular formula is C19H32N4OS2. The quantitative estimate of drug-likeness (QED) is 0.548. The molecular weight excluding hydrogens is 364 g/mol. The van der Waals surface area contributed by atoms with Crippen molar-refractivity contribution in [1.29, 1.82) is 0 Å². The predicted octanol–water partition coefficient (Wildman–Crippen LogP) is 2.96. The fourth-order valence-corrected chi connectivity index (χ4v) is 5.45. The molecule has 1 aromatic rings. The van der Waals surface area contributed by atoms with Crippen molar-refractivity contribution < 1.29 is 4.74 Å². The second kappa shape index (κ2) is 9.97. The van der Waals surface area contributed by atoms with Crippen LogP contribution in [-0.2, 0) is 4.74 Å². The van der Waals surface area contributed by atoms with Gasteiger partial charge in [0, 0.05) is 43.0 Å². The SMILES string of the molecule is CN=C(NCC(c1cccs1)N1CCCC1)NCC1(SC)CCOCC1. The van der Waals surface area contributed by atoms with Gasteiger partial charge < -0.3 is 15.4 Å². The van der Waals surface area contributed by atoms with Crippen LogP contribution >= 0.6 is 23.1 Å². The molecule has 0 spiro atoms. The molecule has 1 aromatic heterocycles. The first-order valence-electron chi connectivity index (χ1n) is 9.61. The molecule has 146 valence electrons. The van der Waals surface area contributed by atoms with E-state index in [9.17, 15) is 0 Å². The fraction of sp³-hybridized carbons (Fsp3) is 0.737. The molecule has 0 aliphatic carbocycles. The van der Waals surface area contributed by atoms with Crippen LogP contribution in [0.25, 0.3) is 0 Å². The summed E-state index contributed by atoms with van der Waals surface area (Å²) in [6.07, 6.45) is 7.04. The monoisotopic (exact) mass is 396 g/mol. The highest BCUT2D eigenvalue weighted by atomic mass is 32.2. The Labute approximate surface area is 166 Å². The minimum Gasteiger partial charge on any atom is -0.381 e. The first kappa shape index (κ1) is 20.0. The van der Waals surface area contributed by atoms with Crippen LogP contribution in [0.1, 0.15) is 36.6 Å². The third-order valence-corrected chi connectivity index (χ3v) is 7.95. The Morgan fingerprint density at radius 3 is 2.73 bits per heavy atom. The predicted molar refractivity (Wildman–Crippen MR) is 114 cm³/mol. The van der Waals surface area contributed by atoms with Crippen LogP contribution in [0, 0.1) is 0 Å². The van der Waals surface area contributed by atoms with Crippen molar-refractivity contribution in [2.75, 3.05) is 52.7 Å². The number of hydrogen-bond acceptors (Lipinski definition) is 5. The van der Waals surface area contributed by atoms with Crippen LogP contribution in [0.15, 0.2) is 22.5 Å². The molecule has 0 aromatic carbocycles. The summed E-state index contributed by atoms with van der Waals surface area (Å²) in [5.74, 6) is 0.908. The molecule has 0 bridgehead atoms. The highest BCUT2D eigenvalue weighted by Gasteiger charge is 2.32. The van der Waals surface area contributed by atoms with Gasteiger partial charge in [0.25, 0.3) is 0 Å². The van der Waals surface area contributed by atoms with E-state index in [1.165, 1.54) is 30.8 Å². The molecule has 2 aliphatic rings. The van der Waals surface area contributed by atoms with Crippen molar-refractivity contribution in [1.82, 2.24) is 15.5 Å². The lowest BCUT2D eigenvalue weighted by Crippen LogP contribution is -2.49. The van der Waals surface area contributed by atoms with Crippen LogP contribution in [0.2, 0.25) is 0 Å². The van der Waals surface area contributed by atoms with Gasteiger partial charge in [-0.05, 0) is 56.5 Å². The maximum Gasteiger partial charge on any atom is 0.191 e. The van der Waals surface area contributed by atoms with Gasteiger partial charge in [0.15, 0.2) is 5.96 Å². The van der Waals surface area contributed by atoms with Crippen LogP contribution in [-0.4, -0.2) is 68.3 Å². The van der Waals surface area contributed by atoms with E-state index in [1.54, 1.807) is 0 Å². The number of hydrogen-bond donors (Lipinski definition) is 2. The van der Waals surface area contributed by atoms with Gasteiger partial charge in [0.1, 0.15) is 0 Å². The Bertz CT molecular complexity index is 552. The summed E-state index contributed by atoms with van der Waals surface area (Å²) in [5.41, 5.74) is 0. The van der Waals surface area contributed by atoms with Crippen LogP contribution < -0.4 is 10.6 Å². The number of ether oxygens (including phenoxy) is 1. The highest BCUT2D eigenvalue weighted by Crippen LogP contribution is 2.33. The van der Waals surface area contributed by atoms with Gasteiger partial charge in [-0.3, -0.25) is 9.89 Å². The van der Waals surface area contributed by atoms with Crippen molar-refractivity contribution in [3.05, 3.63) is 22.4 Å². The second-order valence-corrected chi connectivity index (χ2v) is 9.33. The molecule has 5 nitrogen and oxygen atoms in total. The molecule has 3 rings (SSSR count). The zero-order chi connectivity index (χ0) is 18.2. The summed E-state index contributed by atoms with van der Waals surface area (Å²) < 4.78 is 5.81. The van der Waals surface area contributed by atoms with Crippen molar-refractivity contribution in [2.45, 2.75) is 36.5 Å². The van der Waals surface area contributed by atoms with Gasteiger partial charge in [-0.2, -0.15) is 11.8 Å². The third-order valence-electron chi connectivity index (χ3n) is 5.55. The van der Waals surface area contributed by atoms with E-state index in [1.807, 2.05) is 30.1 Å². The Morgan fingerprint density at radius 2 is 2.12 bits per heavy atom. The summed E-state index contributed by atoms with van der Waals surface area (Å²) in [4.78, 5) is 8.51. The first-order valence-corrected chi connectivity index (χ1v) is 11.7. The average Bonchev–Trinajstić information content (AvgIpc) is 3.40. The molecule has 0 saturated carbocycles. The topological polar surface area (TPSA) is 48.9 Å². The maximum atomic E-state index is 5.55. The van der Waals surface area contributed by atoms with E-state index in [4.69, 9.17) is 4.74 Å². The molecule has 0 amide bonds. The highest BCUT2D eigenvalue weighted by molar-refractivity contribution is 8.00. The number of guanidine groups is 1. The lowest BCUT2D eigenvalue weighted by molar-refractivity contribution is 0.0782. The normalized spacial score (nSPS) is 22.3. The summed E-state index contributed by atoms with van der Waals surface area (Å²) in [5, 5.41) is 9.33. The molecule has 26 heavy (non-hydrogen) atoms. The fourth-order valence-electron chi connectivity index (χ4n) is 3.80. The largest absolute Gasteiger partial charge is 0.381 e. The average molecular weight is 397 g/mol. The summed E-state index contributed by atoms with van der Waals surface area (Å²) in [7, 11) is 1.86. The van der Waals surface area contributed by atoms with Crippen molar-refractivity contribution in [3.63, 3.8) is 0 Å². The van der Waals surface area contributed by atoms with Gasteiger partial charge in [0.2, 0.25) is 0 Å². The Morgan fingerprint density at radius 1 is 1.35 bits per heavy atom. The molecule has 1 unspecified atom stereocenters. The maximum absolute atomic E-state index is 5.55. The summed E-state index contributed by atoms with van der Waals surface area (Å²) in [6, 6.07) is 4.86. The Kier molecular flexibility index (Phi) is 7.66. The molecule has 2 aliphatic heterocycles. The minimum atomic E-state index is 0.262. The van der Waals surface area contributed by atoms with E-state index < -0.39 is 0 Å².